The zero-order valence-corrected chi connectivity index (χ0v) is 34.5. The number of hydrogen-bond acceptors (Lipinski definition) is 6. The quantitative estimate of drug-likeness (QED) is 0.0540. The van der Waals surface area contributed by atoms with E-state index in [9.17, 15) is 9.18 Å². The van der Waals surface area contributed by atoms with Crippen molar-refractivity contribution in [1.82, 2.24) is 25.2 Å². The van der Waals surface area contributed by atoms with Gasteiger partial charge in [0.15, 0.2) is 5.96 Å². The molecule has 296 valence electrons. The fourth-order valence-electron chi connectivity index (χ4n) is 6.09. The first kappa shape index (κ1) is 43.0. The van der Waals surface area contributed by atoms with Crippen molar-refractivity contribution in [2.24, 2.45) is 21.9 Å². The third kappa shape index (κ3) is 12.1. The van der Waals surface area contributed by atoms with Gasteiger partial charge in [0.05, 0.1) is 30.5 Å². The van der Waals surface area contributed by atoms with Gasteiger partial charge in [0.1, 0.15) is 11.5 Å². The van der Waals surface area contributed by atoms with Gasteiger partial charge in [-0.15, -0.1) is 0 Å². The molecule has 2 aromatic carbocycles. The van der Waals surface area contributed by atoms with Crippen LogP contribution in [0.4, 0.5) is 4.39 Å². The smallest absolute Gasteiger partial charge is 0.354 e. The Balaban J connectivity index is 0.000000304. The molecular formula is C42H62ClFN8O2. The van der Waals surface area contributed by atoms with E-state index in [0.29, 0.717) is 23.7 Å². The van der Waals surface area contributed by atoms with Gasteiger partial charge < -0.3 is 31.8 Å². The monoisotopic (exact) mass is 764 g/mol. The van der Waals surface area contributed by atoms with Crippen LogP contribution >= 0.6 is 11.6 Å². The largest absolute Gasteiger partial charge is 0.380 e. The molecule has 3 heterocycles. The van der Waals surface area contributed by atoms with E-state index >= 15 is 0 Å². The van der Waals surface area contributed by atoms with Gasteiger partial charge >= 0.3 is 5.69 Å². The highest BCUT2D eigenvalue weighted by molar-refractivity contribution is 6.30. The lowest BCUT2D eigenvalue weighted by Gasteiger charge is -2.36. The third-order valence-corrected chi connectivity index (χ3v) is 9.93. The lowest BCUT2D eigenvalue weighted by molar-refractivity contribution is -0.0945. The summed E-state index contributed by atoms with van der Waals surface area (Å²) in [5.41, 5.74) is 16.7. The van der Waals surface area contributed by atoms with Gasteiger partial charge in [-0.05, 0) is 92.4 Å². The summed E-state index contributed by atoms with van der Waals surface area (Å²) in [5, 5.41) is 7.85. The Kier molecular flexibility index (Phi) is 14.5. The van der Waals surface area contributed by atoms with Crippen LogP contribution in [-0.4, -0.2) is 59.4 Å². The summed E-state index contributed by atoms with van der Waals surface area (Å²) < 4.78 is 20.8. The molecule has 0 radical (unpaired) electrons. The summed E-state index contributed by atoms with van der Waals surface area (Å²) in [7, 11) is 0. The van der Waals surface area contributed by atoms with E-state index in [0.717, 1.165) is 79.9 Å². The van der Waals surface area contributed by atoms with E-state index in [2.05, 4.69) is 78.4 Å². The van der Waals surface area contributed by atoms with Crippen LogP contribution in [0.2, 0.25) is 5.02 Å². The minimum Gasteiger partial charge on any atom is -0.380 e. The van der Waals surface area contributed by atoms with Crippen LogP contribution in [0.1, 0.15) is 110 Å². The standard InChI is InChI=1S/C27H39N7O2.C15H23ClFN/c1-18(29-11-6-12-30-24(28)31-15-27(5)16-36-17-27)19-7-9-21(10-8-19)34-14-20-13-22(26(2,3)4)32-23(20)33-25(34)35;1-10(18)6-5-7-11-8-12(15(2,3)4)14(17)13(16)9-11/h7-10,13-14,18,29H,6,11-12,15-17H2,1-5H3,(H3,28,30,31)(H,32,33,35);8-10H,5-7,18H2,1-4H3/t18-;10-/m00/s1. The van der Waals surface area contributed by atoms with Crippen molar-refractivity contribution in [3.05, 3.63) is 92.4 Å². The molecule has 4 aromatic rings. The molecule has 1 saturated heterocycles. The number of rotatable bonds is 13. The number of fused-ring (bicyclic) bond motifs is 1. The Hall–Kier alpha value is -3.77. The normalized spacial score (nSPS) is 15.7. The van der Waals surface area contributed by atoms with E-state index in [-0.39, 0.29) is 44.9 Å². The molecule has 0 bridgehead atoms. The van der Waals surface area contributed by atoms with Crippen molar-refractivity contribution in [3.63, 3.8) is 0 Å². The fraction of sp³-hybridized carbons (Fsp3) is 0.548. The average molecular weight is 765 g/mol. The number of hydrogen-bond donors (Lipinski definition) is 5. The second kappa shape index (κ2) is 18.2. The number of halogens is 2. The molecule has 0 saturated carbocycles. The van der Waals surface area contributed by atoms with Crippen molar-refractivity contribution >= 4 is 28.6 Å². The highest BCUT2D eigenvalue weighted by Gasteiger charge is 2.33. The Morgan fingerprint density at radius 1 is 1.07 bits per heavy atom. The molecule has 0 spiro atoms. The highest BCUT2D eigenvalue weighted by Crippen LogP contribution is 2.31. The maximum Gasteiger partial charge on any atom is 0.354 e. The van der Waals surface area contributed by atoms with Gasteiger partial charge in [-0.25, -0.2) is 9.18 Å². The Bertz CT molecular complexity index is 1920. The molecule has 7 N–H and O–H groups in total. The Morgan fingerprint density at radius 3 is 2.35 bits per heavy atom. The molecule has 5 rings (SSSR count). The second-order valence-electron chi connectivity index (χ2n) is 17.2. The van der Waals surface area contributed by atoms with E-state index in [4.69, 9.17) is 27.8 Å². The summed E-state index contributed by atoms with van der Waals surface area (Å²) in [6, 6.07) is 14.2. The first-order valence-electron chi connectivity index (χ1n) is 19.1. The maximum absolute atomic E-state index is 14.0. The molecule has 1 aliphatic heterocycles. The number of aromatic nitrogens is 3. The number of ether oxygens (including phenoxy) is 1. The lowest BCUT2D eigenvalue weighted by atomic mass is 9.85. The minimum atomic E-state index is -0.297. The number of guanidine groups is 1. The van der Waals surface area contributed by atoms with Gasteiger partial charge in [-0.2, -0.15) is 4.98 Å². The SMILES string of the molecule is C[C@H](N)CCCc1cc(Cl)c(F)c(C(C)(C)C)c1.C[C@H](NCCCNC(N)=NCC1(C)COC1)c1ccc(-n2cc3cc(C(C)(C)C)[nH]c3nc2=O)cc1. The highest BCUT2D eigenvalue weighted by atomic mass is 35.5. The van der Waals surface area contributed by atoms with Crippen molar-refractivity contribution in [2.45, 2.75) is 111 Å². The van der Waals surface area contributed by atoms with Gasteiger partial charge in [-0.3, -0.25) is 9.56 Å². The van der Waals surface area contributed by atoms with Crippen molar-refractivity contribution in [2.75, 3.05) is 32.8 Å². The number of H-pyrrole nitrogens is 1. The zero-order chi connectivity index (χ0) is 39.8. The number of aryl methyl sites for hydroxylation is 1. The molecule has 12 heteroatoms. The van der Waals surface area contributed by atoms with Gasteiger partial charge in [0, 0.05) is 46.7 Å². The van der Waals surface area contributed by atoms with Crippen LogP contribution in [0.3, 0.4) is 0 Å². The molecule has 1 aliphatic rings. The molecule has 0 aliphatic carbocycles. The van der Waals surface area contributed by atoms with Gasteiger partial charge in [0.2, 0.25) is 0 Å². The minimum absolute atomic E-state index is 0.0422. The van der Waals surface area contributed by atoms with Crippen LogP contribution < -0.4 is 27.8 Å². The predicted octanol–water partition coefficient (Wildman–Crippen LogP) is 7.44. The Labute approximate surface area is 325 Å². The number of nitrogens with zero attached hydrogens (tertiary/aromatic N) is 3. The Morgan fingerprint density at radius 2 is 1.76 bits per heavy atom. The topological polar surface area (TPSA) is 148 Å². The number of aliphatic imine (C=N–C) groups is 1. The second-order valence-corrected chi connectivity index (χ2v) is 17.6. The first-order valence-corrected chi connectivity index (χ1v) is 19.5. The number of nitrogens with two attached hydrogens (primary N) is 2. The number of nitrogens with one attached hydrogen (secondary N) is 3. The molecule has 10 nitrogen and oxygen atoms in total. The average Bonchev–Trinajstić information content (AvgIpc) is 3.51. The lowest BCUT2D eigenvalue weighted by Crippen LogP contribution is -2.43. The van der Waals surface area contributed by atoms with Crippen molar-refractivity contribution in [1.29, 1.82) is 0 Å². The van der Waals surface area contributed by atoms with Crippen LogP contribution in [0.5, 0.6) is 0 Å². The molecule has 1 fully saturated rings. The maximum atomic E-state index is 14.0. The summed E-state index contributed by atoms with van der Waals surface area (Å²) in [5.74, 6) is 0.198. The van der Waals surface area contributed by atoms with Crippen molar-refractivity contribution < 1.29 is 9.13 Å². The van der Waals surface area contributed by atoms with E-state index in [1.807, 2.05) is 52.1 Å². The van der Waals surface area contributed by atoms with Crippen LogP contribution in [0.25, 0.3) is 16.7 Å². The summed E-state index contributed by atoms with van der Waals surface area (Å²) >= 11 is 5.97. The first-order chi connectivity index (χ1) is 25.3. The number of aromatic amines is 1. The number of benzene rings is 2. The van der Waals surface area contributed by atoms with E-state index < -0.39 is 0 Å². The predicted molar refractivity (Wildman–Crippen MR) is 222 cm³/mol. The van der Waals surface area contributed by atoms with Gasteiger partial charge in [0.25, 0.3) is 0 Å². The van der Waals surface area contributed by atoms with Crippen LogP contribution in [0.15, 0.2) is 58.4 Å². The van der Waals surface area contributed by atoms with Crippen LogP contribution in [0, 0.1) is 11.2 Å². The molecule has 54 heavy (non-hydrogen) atoms. The van der Waals surface area contributed by atoms with Gasteiger partial charge in [-0.1, -0.05) is 78.3 Å². The van der Waals surface area contributed by atoms with Crippen LogP contribution in [-0.2, 0) is 22.0 Å². The van der Waals surface area contributed by atoms with E-state index in [1.165, 1.54) is 0 Å². The molecule has 2 aromatic heterocycles. The fourth-order valence-corrected chi connectivity index (χ4v) is 6.33. The molecular weight excluding hydrogens is 703 g/mol. The molecule has 0 unspecified atom stereocenters. The summed E-state index contributed by atoms with van der Waals surface area (Å²) in [4.78, 5) is 24.6. The third-order valence-electron chi connectivity index (χ3n) is 9.65. The van der Waals surface area contributed by atoms with Crippen molar-refractivity contribution in [3.8, 4) is 5.69 Å². The molecule has 2 atom stereocenters. The summed E-state index contributed by atoms with van der Waals surface area (Å²) in [6.07, 6.45) is 5.65. The molecule has 0 amide bonds. The zero-order valence-electron chi connectivity index (χ0n) is 33.7. The summed E-state index contributed by atoms with van der Waals surface area (Å²) in [6.45, 7) is 22.5. The van der Waals surface area contributed by atoms with E-state index in [1.54, 1.807) is 10.6 Å².